The normalized spacial score (nSPS) is 12.6. The van der Waals surface area contributed by atoms with Crippen LogP contribution in [0.3, 0.4) is 0 Å². The molecule has 0 amide bonds. The molecule has 0 saturated carbocycles. The Morgan fingerprint density at radius 3 is 1.30 bits per heavy atom. The Hall–Kier alpha value is -11.3. The summed E-state index contributed by atoms with van der Waals surface area (Å²) in [6.07, 6.45) is 7.90. The third kappa shape index (κ3) is 7.24. The summed E-state index contributed by atoms with van der Waals surface area (Å²) in [4.78, 5) is 16.7. The van der Waals surface area contributed by atoms with Crippen molar-refractivity contribution in [2.24, 2.45) is 0 Å². The zero-order valence-corrected chi connectivity index (χ0v) is 44.9. The van der Waals surface area contributed by atoms with Crippen LogP contribution in [-0.4, -0.2) is 14.5 Å². The quantitative estimate of drug-likeness (QED) is 0.190. The number of pyridine rings is 2. The molecule has 388 valence electrons. The molecule has 0 spiro atoms. The third-order valence-electron chi connectivity index (χ3n) is 16.9. The van der Waals surface area contributed by atoms with E-state index in [1.807, 2.05) is 24.8 Å². The van der Waals surface area contributed by atoms with Gasteiger partial charge in [0.2, 0.25) is 0 Å². The zero-order valence-electron chi connectivity index (χ0n) is 44.9. The van der Waals surface area contributed by atoms with Crippen molar-refractivity contribution in [3.05, 3.63) is 292 Å². The van der Waals surface area contributed by atoms with Gasteiger partial charge in [-0.1, -0.05) is 206 Å². The molecule has 7 nitrogen and oxygen atoms in total. The van der Waals surface area contributed by atoms with Crippen molar-refractivity contribution >= 4 is 149 Å². The van der Waals surface area contributed by atoms with Crippen molar-refractivity contribution in [1.29, 1.82) is 0 Å². The van der Waals surface area contributed by atoms with Crippen LogP contribution in [-0.2, 0) is 0 Å². The highest BCUT2D eigenvalue weighted by atomic mass is 15.3. The molecule has 1 N–H and O–H groups in total. The summed E-state index contributed by atoms with van der Waals surface area (Å²) in [6, 6.07) is 95.9. The van der Waals surface area contributed by atoms with Crippen molar-refractivity contribution in [1.82, 2.24) is 14.5 Å². The molecule has 2 aliphatic rings. The van der Waals surface area contributed by atoms with Crippen molar-refractivity contribution in [3.8, 4) is 5.69 Å². The van der Waals surface area contributed by atoms with Gasteiger partial charge in [0.05, 0.1) is 80.3 Å². The molecule has 0 saturated heterocycles. The minimum atomic E-state index is 1.06. The van der Waals surface area contributed by atoms with Gasteiger partial charge in [0.1, 0.15) is 0 Å². The highest BCUT2D eigenvalue weighted by molar-refractivity contribution is 6.21. The van der Waals surface area contributed by atoms with Gasteiger partial charge < -0.3 is 24.6 Å². The van der Waals surface area contributed by atoms with Crippen LogP contribution in [0.5, 0.6) is 0 Å². The number of nitrogens with zero attached hydrogens (tertiary/aromatic N) is 6. The van der Waals surface area contributed by atoms with Gasteiger partial charge in [-0.25, -0.2) is 0 Å². The molecule has 13 aromatic carbocycles. The summed E-state index contributed by atoms with van der Waals surface area (Å²) in [6.45, 7) is 0. The van der Waals surface area contributed by atoms with Gasteiger partial charge in [-0.2, -0.15) is 0 Å². The van der Waals surface area contributed by atoms with E-state index in [1.165, 1.54) is 70.3 Å². The second kappa shape index (κ2) is 18.7. The molecule has 18 rings (SSSR count). The molecule has 16 aromatic rings. The lowest BCUT2D eigenvalue weighted by Crippen LogP contribution is -2.25. The molecule has 0 aliphatic carbocycles. The maximum Gasteiger partial charge on any atom is 0.0783 e. The van der Waals surface area contributed by atoms with Crippen LogP contribution in [0, 0.1) is 0 Å². The SMILES string of the molecule is c1ccc(-n2c3ccccc3c3cc(N4c5ccc6ccccc6c5N(c5cncc6ccccc56)c5ccc6ccccc6c54)ccc32)cc1.c1ccc2c(N3c4ccc5ccccc5c4Nc4ccc5ccccc5c43)cncc2c1. The summed E-state index contributed by atoms with van der Waals surface area (Å²) in [5, 5.41) is 20.4. The lowest BCUT2D eigenvalue weighted by molar-refractivity contribution is 1.17. The standard InChI is InChI=1S/C47H30N4.C29H19N3/c1-2-15-34(16-3-1)49-41-21-11-10-20-39(41)40-28-35(24-27-42(40)49)50-43-25-22-32-13-5-9-19-38(32)47(43)51(45-30-48-29-33-14-6-7-17-36(33)45)44-26-23-31-12-4-8-18-37(31)46(44)50;1-5-11-23-19(7-1)14-16-26-28(23)31-25-15-13-20-8-2-6-12-24(20)29(25)32(26)27-18-30-17-21-9-3-4-10-22(21)27/h1-30H;1-18,31H. The predicted octanol–water partition coefficient (Wildman–Crippen LogP) is 21.0. The topological polar surface area (TPSA) is 52.5 Å². The monoisotopic (exact) mass is 1060 g/mol. The fourth-order valence-corrected chi connectivity index (χ4v) is 13.3. The van der Waals surface area contributed by atoms with Crippen molar-refractivity contribution < 1.29 is 0 Å². The first kappa shape index (κ1) is 46.6. The summed E-state index contributed by atoms with van der Waals surface area (Å²) in [5.41, 5.74) is 15.8. The van der Waals surface area contributed by atoms with E-state index in [1.54, 1.807) is 0 Å². The van der Waals surface area contributed by atoms with E-state index in [4.69, 9.17) is 4.98 Å². The summed E-state index contributed by atoms with van der Waals surface area (Å²) in [5.74, 6) is 0. The molecule has 0 bridgehead atoms. The molecular formula is C76H49N7. The zero-order chi connectivity index (χ0) is 54.5. The number of aromatic nitrogens is 3. The van der Waals surface area contributed by atoms with Crippen LogP contribution >= 0.6 is 0 Å². The van der Waals surface area contributed by atoms with Crippen LogP contribution in [0.25, 0.3) is 92.1 Å². The average Bonchev–Trinajstić information content (AvgIpc) is 2.06. The molecule has 5 heterocycles. The smallest absolute Gasteiger partial charge is 0.0783 e. The van der Waals surface area contributed by atoms with Crippen molar-refractivity contribution in [2.75, 3.05) is 20.0 Å². The van der Waals surface area contributed by atoms with E-state index in [-0.39, 0.29) is 0 Å². The first-order chi connectivity index (χ1) is 41.2. The number of hydrogen-bond acceptors (Lipinski definition) is 6. The van der Waals surface area contributed by atoms with Gasteiger partial charge in [0, 0.05) is 77.6 Å². The lowest BCUT2D eigenvalue weighted by Gasteiger charge is -2.42. The van der Waals surface area contributed by atoms with Crippen molar-refractivity contribution in [3.63, 3.8) is 0 Å². The van der Waals surface area contributed by atoms with Crippen LogP contribution in [0.15, 0.2) is 292 Å². The minimum absolute atomic E-state index is 1.06. The Labute approximate surface area is 478 Å². The first-order valence-corrected chi connectivity index (χ1v) is 28.2. The number of anilines is 11. The number of benzene rings is 13. The molecule has 0 radical (unpaired) electrons. The maximum absolute atomic E-state index is 4.79. The maximum atomic E-state index is 4.79. The Bertz CT molecular complexity index is 5290. The Morgan fingerprint density at radius 1 is 0.253 bits per heavy atom. The lowest BCUT2D eigenvalue weighted by atomic mass is 9.96. The molecule has 0 fully saturated rings. The minimum Gasteiger partial charge on any atom is -0.352 e. The second-order valence-corrected chi connectivity index (χ2v) is 21.5. The van der Waals surface area contributed by atoms with Gasteiger partial charge in [-0.05, 0) is 82.2 Å². The predicted molar refractivity (Wildman–Crippen MR) is 349 cm³/mol. The van der Waals surface area contributed by atoms with E-state index >= 15 is 0 Å². The Balaban J connectivity index is 0.000000146. The molecule has 0 atom stereocenters. The van der Waals surface area contributed by atoms with E-state index < -0.39 is 0 Å². The van der Waals surface area contributed by atoms with E-state index in [2.05, 4.69) is 296 Å². The van der Waals surface area contributed by atoms with Crippen molar-refractivity contribution in [2.45, 2.75) is 0 Å². The van der Waals surface area contributed by atoms with E-state index in [9.17, 15) is 0 Å². The summed E-state index contributed by atoms with van der Waals surface area (Å²) < 4.78 is 2.38. The summed E-state index contributed by atoms with van der Waals surface area (Å²) >= 11 is 0. The molecular weight excluding hydrogens is 1010 g/mol. The molecule has 3 aromatic heterocycles. The van der Waals surface area contributed by atoms with Crippen LogP contribution in [0.4, 0.5) is 62.6 Å². The molecule has 7 heteroatoms. The summed E-state index contributed by atoms with van der Waals surface area (Å²) in [7, 11) is 0. The van der Waals surface area contributed by atoms with Gasteiger partial charge in [0.15, 0.2) is 0 Å². The highest BCUT2D eigenvalue weighted by Gasteiger charge is 2.35. The van der Waals surface area contributed by atoms with E-state index in [0.717, 1.165) is 84.4 Å². The number of para-hydroxylation sites is 2. The molecule has 2 aliphatic heterocycles. The van der Waals surface area contributed by atoms with Gasteiger partial charge in [-0.3, -0.25) is 9.97 Å². The second-order valence-electron chi connectivity index (χ2n) is 21.5. The Kier molecular flexibility index (Phi) is 10.5. The Morgan fingerprint density at radius 2 is 0.687 bits per heavy atom. The fourth-order valence-electron chi connectivity index (χ4n) is 13.3. The first-order valence-electron chi connectivity index (χ1n) is 28.2. The largest absolute Gasteiger partial charge is 0.352 e. The number of hydrogen-bond donors (Lipinski definition) is 1. The van der Waals surface area contributed by atoms with Gasteiger partial charge >= 0.3 is 0 Å². The van der Waals surface area contributed by atoms with Crippen LogP contribution in [0.2, 0.25) is 0 Å². The van der Waals surface area contributed by atoms with Crippen LogP contribution < -0.4 is 20.0 Å². The molecule has 0 unspecified atom stereocenters. The number of nitrogens with one attached hydrogen (secondary N) is 1. The average molecular weight is 1060 g/mol. The number of fused-ring (bicyclic) bond motifs is 17. The van der Waals surface area contributed by atoms with Crippen LogP contribution in [0.1, 0.15) is 0 Å². The third-order valence-corrected chi connectivity index (χ3v) is 16.9. The number of rotatable bonds is 4. The highest BCUT2D eigenvalue weighted by Crippen LogP contribution is 2.60. The molecule has 83 heavy (non-hydrogen) atoms. The van der Waals surface area contributed by atoms with Gasteiger partial charge in [-0.15, -0.1) is 0 Å². The van der Waals surface area contributed by atoms with Gasteiger partial charge in [0.25, 0.3) is 0 Å². The van der Waals surface area contributed by atoms with E-state index in [0.29, 0.717) is 0 Å². The fraction of sp³-hybridized carbons (Fsp3) is 0.